The third kappa shape index (κ3) is 4.36. The second-order valence-electron chi connectivity index (χ2n) is 4.43. The molecule has 102 valence electrons. The third-order valence-corrected chi connectivity index (χ3v) is 2.98. The van der Waals surface area contributed by atoms with Crippen LogP contribution in [0.2, 0.25) is 0 Å². The molecule has 6 nitrogen and oxygen atoms in total. The van der Waals surface area contributed by atoms with Crippen molar-refractivity contribution < 1.29 is 9.26 Å². The van der Waals surface area contributed by atoms with E-state index in [9.17, 15) is 0 Å². The number of ether oxygens (including phenoxy) is 1. The van der Waals surface area contributed by atoms with Crippen LogP contribution in [0.25, 0.3) is 0 Å². The van der Waals surface area contributed by atoms with E-state index in [4.69, 9.17) is 9.26 Å². The first-order valence-electron chi connectivity index (χ1n) is 6.70. The van der Waals surface area contributed by atoms with Crippen molar-refractivity contribution in [2.24, 2.45) is 0 Å². The summed E-state index contributed by atoms with van der Waals surface area (Å²) in [5.74, 6) is 1.45. The van der Waals surface area contributed by atoms with Crippen molar-refractivity contribution in [2.75, 3.05) is 39.4 Å². The zero-order valence-corrected chi connectivity index (χ0v) is 11.0. The van der Waals surface area contributed by atoms with Crippen molar-refractivity contribution in [2.45, 2.75) is 26.3 Å². The lowest BCUT2D eigenvalue weighted by Gasteiger charge is -2.16. The van der Waals surface area contributed by atoms with Crippen LogP contribution < -0.4 is 5.32 Å². The number of hydrogen-bond donors (Lipinski definition) is 1. The van der Waals surface area contributed by atoms with E-state index in [1.807, 2.05) is 6.92 Å². The summed E-state index contributed by atoms with van der Waals surface area (Å²) in [5.41, 5.74) is 0. The van der Waals surface area contributed by atoms with Gasteiger partial charge in [-0.1, -0.05) is 5.16 Å². The Labute approximate surface area is 108 Å². The van der Waals surface area contributed by atoms with Crippen molar-refractivity contribution in [3.8, 4) is 0 Å². The van der Waals surface area contributed by atoms with Crippen molar-refractivity contribution in [1.29, 1.82) is 0 Å². The Kier molecular flexibility index (Phi) is 5.57. The molecular formula is C12H22N4O2. The van der Waals surface area contributed by atoms with E-state index in [0.717, 1.165) is 51.6 Å². The lowest BCUT2D eigenvalue weighted by molar-refractivity contribution is 0.149. The highest BCUT2D eigenvalue weighted by molar-refractivity contribution is 4.87. The highest BCUT2D eigenvalue weighted by Crippen LogP contribution is 2.05. The van der Waals surface area contributed by atoms with Crippen molar-refractivity contribution in [3.63, 3.8) is 0 Å². The van der Waals surface area contributed by atoms with E-state index in [1.54, 1.807) is 0 Å². The van der Waals surface area contributed by atoms with Gasteiger partial charge in [0.25, 0.3) is 0 Å². The maximum atomic E-state index is 5.27. The Morgan fingerprint density at radius 2 is 2.33 bits per heavy atom. The molecule has 0 spiro atoms. The van der Waals surface area contributed by atoms with Crippen LogP contribution in [0.15, 0.2) is 4.52 Å². The van der Waals surface area contributed by atoms with Gasteiger partial charge in [0.1, 0.15) is 0 Å². The lowest BCUT2D eigenvalue weighted by atomic mass is 10.4. The summed E-state index contributed by atoms with van der Waals surface area (Å²) in [4.78, 5) is 6.73. The molecule has 1 aromatic heterocycles. The molecule has 1 N–H and O–H groups in total. The van der Waals surface area contributed by atoms with Gasteiger partial charge in [0, 0.05) is 26.1 Å². The lowest BCUT2D eigenvalue weighted by Crippen LogP contribution is -2.27. The van der Waals surface area contributed by atoms with Crippen LogP contribution in [0.3, 0.4) is 0 Å². The van der Waals surface area contributed by atoms with Gasteiger partial charge in [-0.2, -0.15) is 4.98 Å². The molecular weight excluding hydrogens is 232 g/mol. The first-order valence-corrected chi connectivity index (χ1v) is 6.70. The average molecular weight is 254 g/mol. The second-order valence-corrected chi connectivity index (χ2v) is 4.43. The molecule has 6 heteroatoms. The van der Waals surface area contributed by atoms with Crippen LogP contribution in [0.4, 0.5) is 0 Å². The standard InChI is InChI=1S/C12H22N4O2/c1-2-17-9-4-11-14-12(18-15-11)10-16-7-3-5-13-6-8-16/h13H,2-10H2,1H3. The Balaban J connectivity index is 1.78. The topological polar surface area (TPSA) is 63.4 Å². The fourth-order valence-corrected chi connectivity index (χ4v) is 2.01. The molecule has 0 amide bonds. The van der Waals surface area contributed by atoms with Gasteiger partial charge in [0.05, 0.1) is 13.2 Å². The first-order chi connectivity index (χ1) is 8.88. The quantitative estimate of drug-likeness (QED) is 0.743. The Hall–Kier alpha value is -0.980. The van der Waals surface area contributed by atoms with Crippen LogP contribution in [0, 0.1) is 0 Å². The molecule has 0 radical (unpaired) electrons. The summed E-state index contributed by atoms with van der Waals surface area (Å²) in [5, 5.41) is 7.35. The Morgan fingerprint density at radius 1 is 1.39 bits per heavy atom. The SMILES string of the molecule is CCOCCc1noc(CN2CCCNCC2)n1. The van der Waals surface area contributed by atoms with Gasteiger partial charge >= 0.3 is 0 Å². The smallest absolute Gasteiger partial charge is 0.240 e. The summed E-state index contributed by atoms with van der Waals surface area (Å²) in [6, 6.07) is 0. The van der Waals surface area contributed by atoms with Crippen LogP contribution in [0.1, 0.15) is 25.1 Å². The largest absolute Gasteiger partial charge is 0.381 e. The molecule has 18 heavy (non-hydrogen) atoms. The van der Waals surface area contributed by atoms with Gasteiger partial charge in [-0.15, -0.1) is 0 Å². The summed E-state index contributed by atoms with van der Waals surface area (Å²) < 4.78 is 10.5. The van der Waals surface area contributed by atoms with Gasteiger partial charge < -0.3 is 14.6 Å². The zero-order chi connectivity index (χ0) is 12.6. The Morgan fingerprint density at radius 3 is 3.22 bits per heavy atom. The van der Waals surface area contributed by atoms with Crippen molar-refractivity contribution in [3.05, 3.63) is 11.7 Å². The monoisotopic (exact) mass is 254 g/mol. The molecule has 1 saturated heterocycles. The molecule has 1 fully saturated rings. The molecule has 1 aliphatic heterocycles. The van der Waals surface area contributed by atoms with E-state index in [2.05, 4.69) is 20.4 Å². The minimum atomic E-state index is 0.656. The van der Waals surface area contributed by atoms with Crippen LogP contribution in [-0.2, 0) is 17.7 Å². The highest BCUT2D eigenvalue weighted by atomic mass is 16.5. The summed E-state index contributed by atoms with van der Waals surface area (Å²) in [6.45, 7) is 8.37. The number of nitrogens with zero attached hydrogens (tertiary/aromatic N) is 3. The third-order valence-electron chi connectivity index (χ3n) is 2.98. The molecule has 2 heterocycles. The number of rotatable bonds is 6. The minimum Gasteiger partial charge on any atom is -0.381 e. The molecule has 0 bridgehead atoms. The second kappa shape index (κ2) is 7.45. The van der Waals surface area contributed by atoms with Gasteiger partial charge in [-0.3, -0.25) is 4.90 Å². The normalized spacial score (nSPS) is 17.8. The molecule has 1 aromatic rings. The van der Waals surface area contributed by atoms with E-state index < -0.39 is 0 Å². The van der Waals surface area contributed by atoms with E-state index in [-0.39, 0.29) is 0 Å². The average Bonchev–Trinajstić information content (AvgIpc) is 2.65. The fraction of sp³-hybridized carbons (Fsp3) is 0.833. The van der Waals surface area contributed by atoms with Crippen molar-refractivity contribution in [1.82, 2.24) is 20.4 Å². The van der Waals surface area contributed by atoms with Crippen LogP contribution in [0.5, 0.6) is 0 Å². The molecule has 0 saturated carbocycles. The van der Waals surface area contributed by atoms with Gasteiger partial charge in [0.2, 0.25) is 5.89 Å². The van der Waals surface area contributed by atoms with E-state index in [0.29, 0.717) is 12.5 Å². The molecule has 1 aliphatic rings. The number of aromatic nitrogens is 2. The molecule has 0 aromatic carbocycles. The zero-order valence-electron chi connectivity index (χ0n) is 11.0. The summed E-state index contributed by atoms with van der Waals surface area (Å²) >= 11 is 0. The van der Waals surface area contributed by atoms with Crippen LogP contribution in [-0.4, -0.2) is 54.4 Å². The maximum Gasteiger partial charge on any atom is 0.240 e. The molecule has 0 atom stereocenters. The maximum absolute atomic E-state index is 5.27. The molecule has 2 rings (SSSR count). The summed E-state index contributed by atoms with van der Waals surface area (Å²) in [6.07, 6.45) is 1.89. The summed E-state index contributed by atoms with van der Waals surface area (Å²) in [7, 11) is 0. The van der Waals surface area contributed by atoms with E-state index in [1.165, 1.54) is 6.42 Å². The fourth-order valence-electron chi connectivity index (χ4n) is 2.01. The highest BCUT2D eigenvalue weighted by Gasteiger charge is 2.13. The van der Waals surface area contributed by atoms with Gasteiger partial charge in [0.15, 0.2) is 5.82 Å². The predicted octanol–water partition coefficient (Wildman–Crippen LogP) is 0.444. The predicted molar refractivity (Wildman–Crippen MR) is 67.3 cm³/mol. The van der Waals surface area contributed by atoms with Gasteiger partial charge in [-0.05, 0) is 26.4 Å². The number of nitrogens with one attached hydrogen (secondary N) is 1. The number of hydrogen-bond acceptors (Lipinski definition) is 6. The van der Waals surface area contributed by atoms with Crippen molar-refractivity contribution >= 4 is 0 Å². The first kappa shape index (κ1) is 13.5. The Bertz CT molecular complexity index is 335. The molecule has 0 aliphatic carbocycles. The van der Waals surface area contributed by atoms with Crippen LogP contribution >= 0.6 is 0 Å². The molecule has 0 unspecified atom stereocenters. The van der Waals surface area contributed by atoms with Gasteiger partial charge in [-0.25, -0.2) is 0 Å². The minimum absolute atomic E-state index is 0.656. The van der Waals surface area contributed by atoms with E-state index >= 15 is 0 Å².